The third-order valence-electron chi connectivity index (χ3n) is 4.08. The lowest BCUT2D eigenvalue weighted by atomic mass is 10.0. The largest absolute Gasteiger partial charge is 0.299 e. The van der Waals surface area contributed by atoms with Crippen LogP contribution in [0, 0.1) is 0 Å². The zero-order valence-corrected chi connectivity index (χ0v) is 11.2. The molecule has 21 heavy (non-hydrogen) atoms. The van der Waals surface area contributed by atoms with E-state index in [9.17, 15) is 0 Å². The Bertz CT molecular complexity index is 1140. The number of fused-ring (bicyclic) bond motifs is 8. The fourth-order valence-electron chi connectivity index (χ4n) is 3.17. The second-order valence-corrected chi connectivity index (χ2v) is 5.21. The van der Waals surface area contributed by atoms with Crippen LogP contribution in [0.5, 0.6) is 0 Å². The summed E-state index contributed by atoms with van der Waals surface area (Å²) in [6.07, 6.45) is 5.83. The van der Waals surface area contributed by atoms with E-state index in [1.54, 1.807) is 0 Å². The summed E-state index contributed by atoms with van der Waals surface area (Å²) in [4.78, 5) is 9.28. The van der Waals surface area contributed by atoms with E-state index in [0.717, 1.165) is 27.5 Å². The summed E-state index contributed by atoms with van der Waals surface area (Å²) < 4.78 is 2.11. The van der Waals surface area contributed by atoms with Crippen molar-refractivity contribution < 1.29 is 0 Å². The molecule has 0 bridgehead atoms. The van der Waals surface area contributed by atoms with Crippen LogP contribution in [0.25, 0.3) is 38.2 Å². The Balaban J connectivity index is 2.25. The van der Waals surface area contributed by atoms with Crippen LogP contribution in [0.15, 0.2) is 67.1 Å². The molecule has 0 saturated carbocycles. The summed E-state index contributed by atoms with van der Waals surface area (Å²) >= 11 is 0. The highest BCUT2D eigenvalue weighted by molar-refractivity contribution is 6.21. The normalized spacial score (nSPS) is 11.8. The molecule has 5 aromatic rings. The summed E-state index contributed by atoms with van der Waals surface area (Å²) in [5, 5.41) is 4.71. The molecule has 0 aliphatic heterocycles. The second kappa shape index (κ2) is 3.79. The van der Waals surface area contributed by atoms with Gasteiger partial charge < -0.3 is 0 Å². The van der Waals surface area contributed by atoms with Gasteiger partial charge in [-0.1, -0.05) is 24.3 Å². The molecule has 0 amide bonds. The summed E-state index contributed by atoms with van der Waals surface area (Å²) in [5.74, 6) is 0. The van der Waals surface area contributed by atoms with Crippen molar-refractivity contribution in [1.82, 2.24) is 14.4 Å². The fraction of sp³-hybridized carbons (Fsp3) is 0. The third-order valence-corrected chi connectivity index (χ3v) is 4.08. The molecular formula is C18H11N3. The van der Waals surface area contributed by atoms with Crippen LogP contribution in [-0.4, -0.2) is 14.4 Å². The number of rotatable bonds is 0. The van der Waals surface area contributed by atoms with Gasteiger partial charge in [0.2, 0.25) is 0 Å². The zero-order valence-electron chi connectivity index (χ0n) is 11.2. The highest BCUT2D eigenvalue weighted by Gasteiger charge is 2.12. The molecule has 98 valence electrons. The molecule has 3 nitrogen and oxygen atoms in total. The number of aromatic nitrogens is 3. The van der Waals surface area contributed by atoms with Crippen molar-refractivity contribution in [2.75, 3.05) is 0 Å². The molecule has 0 unspecified atom stereocenters. The Kier molecular flexibility index (Phi) is 1.95. The van der Waals surface area contributed by atoms with Gasteiger partial charge in [0.1, 0.15) is 5.65 Å². The van der Waals surface area contributed by atoms with Crippen molar-refractivity contribution in [3.8, 4) is 0 Å². The molecule has 4 heterocycles. The standard InChI is InChI=1S/C18H11N3/c1-2-6-13-12(5-1)11-20-17-15-8-4-10-21(15)18-14(16(13)17)7-3-9-19-18/h1-11H. The number of benzene rings is 1. The fourth-order valence-corrected chi connectivity index (χ4v) is 3.17. The monoisotopic (exact) mass is 269 g/mol. The van der Waals surface area contributed by atoms with Gasteiger partial charge in [0, 0.05) is 34.7 Å². The molecule has 0 N–H and O–H groups in total. The summed E-state index contributed by atoms with van der Waals surface area (Å²) in [6, 6.07) is 16.6. The SMILES string of the molecule is c1ccc2c(c1)cnc1c2c2cccnc2n2cccc12. The summed E-state index contributed by atoms with van der Waals surface area (Å²) in [7, 11) is 0. The second-order valence-electron chi connectivity index (χ2n) is 5.21. The predicted octanol–water partition coefficient (Wildman–Crippen LogP) is 4.19. The maximum Gasteiger partial charge on any atom is 0.145 e. The molecular weight excluding hydrogens is 258 g/mol. The van der Waals surface area contributed by atoms with Crippen LogP contribution in [0.4, 0.5) is 0 Å². The molecule has 5 rings (SSSR count). The minimum Gasteiger partial charge on any atom is -0.299 e. The lowest BCUT2D eigenvalue weighted by molar-refractivity contribution is 1.20. The molecule has 0 saturated heterocycles. The first-order valence-electron chi connectivity index (χ1n) is 6.95. The molecule has 0 aliphatic carbocycles. The van der Waals surface area contributed by atoms with E-state index < -0.39 is 0 Å². The Hall–Kier alpha value is -2.94. The Morgan fingerprint density at radius 1 is 0.810 bits per heavy atom. The molecule has 0 aliphatic rings. The molecule has 0 spiro atoms. The van der Waals surface area contributed by atoms with Gasteiger partial charge in [-0.05, 0) is 29.7 Å². The molecule has 4 aromatic heterocycles. The van der Waals surface area contributed by atoms with E-state index in [-0.39, 0.29) is 0 Å². The van der Waals surface area contributed by atoms with E-state index in [0.29, 0.717) is 0 Å². The van der Waals surface area contributed by atoms with E-state index in [1.807, 2.05) is 36.8 Å². The molecule has 0 atom stereocenters. The van der Waals surface area contributed by atoms with Crippen LogP contribution in [0.2, 0.25) is 0 Å². The van der Waals surface area contributed by atoms with Crippen LogP contribution in [-0.2, 0) is 0 Å². The van der Waals surface area contributed by atoms with Gasteiger partial charge in [-0.15, -0.1) is 0 Å². The Labute approximate surface area is 120 Å². The van der Waals surface area contributed by atoms with Crippen LogP contribution in [0.3, 0.4) is 0 Å². The first kappa shape index (κ1) is 10.8. The van der Waals surface area contributed by atoms with Gasteiger partial charge in [0.05, 0.1) is 11.0 Å². The molecule has 1 aromatic carbocycles. The van der Waals surface area contributed by atoms with Gasteiger partial charge in [-0.2, -0.15) is 0 Å². The zero-order chi connectivity index (χ0) is 13.8. The van der Waals surface area contributed by atoms with Crippen LogP contribution < -0.4 is 0 Å². The first-order chi connectivity index (χ1) is 10.4. The number of hydrogen-bond acceptors (Lipinski definition) is 2. The number of pyridine rings is 3. The van der Waals surface area contributed by atoms with Gasteiger partial charge in [0.25, 0.3) is 0 Å². The third kappa shape index (κ3) is 1.32. The number of hydrogen-bond donors (Lipinski definition) is 0. The average Bonchev–Trinajstić information content (AvgIpc) is 3.04. The van der Waals surface area contributed by atoms with E-state index >= 15 is 0 Å². The highest BCUT2D eigenvalue weighted by Crippen LogP contribution is 2.32. The van der Waals surface area contributed by atoms with Crippen LogP contribution in [0.1, 0.15) is 0 Å². The quantitative estimate of drug-likeness (QED) is 0.395. The first-order valence-corrected chi connectivity index (χ1v) is 6.95. The van der Waals surface area contributed by atoms with Gasteiger partial charge in [-0.3, -0.25) is 9.38 Å². The lowest BCUT2D eigenvalue weighted by Gasteiger charge is -2.10. The van der Waals surface area contributed by atoms with Crippen molar-refractivity contribution in [3.05, 3.63) is 67.1 Å². The van der Waals surface area contributed by atoms with E-state index in [2.05, 4.69) is 39.7 Å². The Morgan fingerprint density at radius 2 is 1.71 bits per heavy atom. The maximum atomic E-state index is 4.71. The molecule has 0 fully saturated rings. The molecule has 3 heteroatoms. The van der Waals surface area contributed by atoms with Gasteiger partial charge in [-0.25, -0.2) is 4.98 Å². The van der Waals surface area contributed by atoms with E-state index in [4.69, 9.17) is 4.98 Å². The minimum absolute atomic E-state index is 0.975. The summed E-state index contributed by atoms with van der Waals surface area (Å²) in [6.45, 7) is 0. The Morgan fingerprint density at radius 3 is 2.71 bits per heavy atom. The van der Waals surface area contributed by atoms with Gasteiger partial charge >= 0.3 is 0 Å². The predicted molar refractivity (Wildman–Crippen MR) is 85.5 cm³/mol. The van der Waals surface area contributed by atoms with Crippen molar-refractivity contribution in [2.24, 2.45) is 0 Å². The number of nitrogens with zero attached hydrogens (tertiary/aromatic N) is 3. The topological polar surface area (TPSA) is 30.2 Å². The van der Waals surface area contributed by atoms with Crippen molar-refractivity contribution in [3.63, 3.8) is 0 Å². The molecule has 0 radical (unpaired) electrons. The van der Waals surface area contributed by atoms with Crippen LogP contribution >= 0.6 is 0 Å². The average molecular weight is 269 g/mol. The van der Waals surface area contributed by atoms with E-state index in [1.165, 1.54) is 10.8 Å². The minimum atomic E-state index is 0.975. The highest BCUT2D eigenvalue weighted by atomic mass is 15.0. The van der Waals surface area contributed by atoms with Gasteiger partial charge in [0.15, 0.2) is 0 Å². The van der Waals surface area contributed by atoms with Crippen molar-refractivity contribution >= 4 is 38.2 Å². The maximum absolute atomic E-state index is 4.71. The summed E-state index contributed by atoms with van der Waals surface area (Å²) in [5.41, 5.74) is 3.10. The van der Waals surface area contributed by atoms with Crippen molar-refractivity contribution in [2.45, 2.75) is 0 Å². The lowest BCUT2D eigenvalue weighted by Crippen LogP contribution is -1.94. The smallest absolute Gasteiger partial charge is 0.145 e. The van der Waals surface area contributed by atoms with Crippen molar-refractivity contribution in [1.29, 1.82) is 0 Å².